The highest BCUT2D eigenvalue weighted by atomic mass is 35.5. The Kier molecular flexibility index (Phi) is 8.62. The van der Waals surface area contributed by atoms with E-state index in [1.807, 2.05) is 24.3 Å². The van der Waals surface area contributed by atoms with Crippen LogP contribution in [-0.4, -0.2) is 26.8 Å². The standard InChI is InChI=1S/C21H24ClNO5/c1-26-18-9-6-16(7-10-18)5-3-4-14-28-20-12-8-17(15-22)23(25)19(20)11-13-21(24)27-2/h6-13H,3-5,14-15H2,1-2H3/b13-11+. The number of alkyl halides is 1. The van der Waals surface area contributed by atoms with Crippen molar-refractivity contribution in [2.24, 2.45) is 0 Å². The van der Waals surface area contributed by atoms with Crippen molar-refractivity contribution in [1.29, 1.82) is 0 Å². The van der Waals surface area contributed by atoms with Gasteiger partial charge < -0.3 is 19.4 Å². The van der Waals surface area contributed by atoms with Gasteiger partial charge in [-0.15, -0.1) is 11.6 Å². The average molecular weight is 406 g/mol. The summed E-state index contributed by atoms with van der Waals surface area (Å²) in [6.07, 6.45) is 5.24. The van der Waals surface area contributed by atoms with Crippen LogP contribution in [0.4, 0.5) is 0 Å². The molecule has 0 N–H and O–H groups in total. The fourth-order valence-electron chi connectivity index (χ4n) is 2.57. The van der Waals surface area contributed by atoms with Gasteiger partial charge in [0.05, 0.1) is 20.8 Å². The number of esters is 1. The van der Waals surface area contributed by atoms with Crippen LogP contribution in [0.1, 0.15) is 29.8 Å². The highest BCUT2D eigenvalue weighted by Crippen LogP contribution is 2.19. The molecule has 1 heterocycles. The summed E-state index contributed by atoms with van der Waals surface area (Å²) in [6, 6.07) is 11.3. The number of carbonyl (C=O) groups excluding carboxylic acids is 1. The Hall–Kier alpha value is -2.73. The van der Waals surface area contributed by atoms with E-state index in [4.69, 9.17) is 21.1 Å². The Bertz CT molecular complexity index is 805. The summed E-state index contributed by atoms with van der Waals surface area (Å²) in [7, 11) is 2.92. The van der Waals surface area contributed by atoms with Crippen LogP contribution < -0.4 is 14.2 Å². The largest absolute Gasteiger partial charge is 0.618 e. The average Bonchev–Trinajstić information content (AvgIpc) is 2.73. The van der Waals surface area contributed by atoms with E-state index in [1.54, 1.807) is 19.2 Å². The molecule has 6 nitrogen and oxygen atoms in total. The Labute approximate surface area is 169 Å². The van der Waals surface area contributed by atoms with Gasteiger partial charge in [0.1, 0.15) is 11.6 Å². The number of hydrogen-bond donors (Lipinski definition) is 0. The maximum atomic E-state index is 12.4. The van der Waals surface area contributed by atoms with Crippen molar-refractivity contribution in [3.63, 3.8) is 0 Å². The second-order valence-corrected chi connectivity index (χ2v) is 6.28. The first-order chi connectivity index (χ1) is 13.6. The predicted molar refractivity (Wildman–Crippen MR) is 107 cm³/mol. The number of aromatic nitrogens is 1. The zero-order valence-corrected chi connectivity index (χ0v) is 16.8. The van der Waals surface area contributed by atoms with Crippen molar-refractivity contribution < 1.29 is 23.7 Å². The van der Waals surface area contributed by atoms with Crippen LogP contribution in [0.5, 0.6) is 11.5 Å². The molecule has 0 aliphatic heterocycles. The third-order valence-electron chi connectivity index (χ3n) is 4.15. The van der Waals surface area contributed by atoms with Gasteiger partial charge in [-0.2, -0.15) is 4.73 Å². The maximum Gasteiger partial charge on any atom is 0.330 e. The van der Waals surface area contributed by atoms with Crippen molar-refractivity contribution in [3.05, 3.63) is 64.6 Å². The van der Waals surface area contributed by atoms with Crippen molar-refractivity contribution in [2.75, 3.05) is 20.8 Å². The van der Waals surface area contributed by atoms with Crippen LogP contribution in [0.3, 0.4) is 0 Å². The first-order valence-electron chi connectivity index (χ1n) is 8.92. The Morgan fingerprint density at radius 1 is 1.14 bits per heavy atom. The summed E-state index contributed by atoms with van der Waals surface area (Å²) < 4.78 is 16.2. The number of nitrogens with zero attached hydrogens (tertiary/aromatic N) is 1. The van der Waals surface area contributed by atoms with Crippen molar-refractivity contribution in [2.45, 2.75) is 25.1 Å². The first-order valence-corrected chi connectivity index (χ1v) is 9.45. The highest BCUT2D eigenvalue weighted by molar-refractivity contribution is 6.16. The van der Waals surface area contributed by atoms with E-state index < -0.39 is 5.97 Å². The molecule has 0 unspecified atom stereocenters. The van der Waals surface area contributed by atoms with Gasteiger partial charge in [-0.3, -0.25) is 0 Å². The number of unbranched alkanes of at least 4 members (excludes halogenated alkanes) is 1. The smallest absolute Gasteiger partial charge is 0.330 e. The third-order valence-corrected chi connectivity index (χ3v) is 4.42. The molecule has 7 heteroatoms. The van der Waals surface area contributed by atoms with Crippen molar-refractivity contribution >= 4 is 23.6 Å². The predicted octanol–water partition coefficient (Wildman–Crippen LogP) is 3.66. The van der Waals surface area contributed by atoms with Gasteiger partial charge in [0.2, 0.25) is 5.69 Å². The second kappa shape index (κ2) is 11.2. The zero-order chi connectivity index (χ0) is 20.4. The molecular weight excluding hydrogens is 382 g/mol. The monoisotopic (exact) mass is 405 g/mol. The molecule has 0 saturated carbocycles. The highest BCUT2D eigenvalue weighted by Gasteiger charge is 2.16. The number of rotatable bonds is 10. The van der Waals surface area contributed by atoms with E-state index in [0.717, 1.165) is 25.0 Å². The van der Waals surface area contributed by atoms with Gasteiger partial charge in [-0.05, 0) is 43.0 Å². The fraction of sp³-hybridized carbons (Fsp3) is 0.333. The van der Waals surface area contributed by atoms with Crippen molar-refractivity contribution in [1.82, 2.24) is 0 Å². The Balaban J connectivity index is 1.94. The molecular formula is C21H24ClNO5. The van der Waals surface area contributed by atoms with Gasteiger partial charge in [-0.25, -0.2) is 4.79 Å². The Morgan fingerprint density at radius 2 is 1.89 bits per heavy atom. The van der Waals surface area contributed by atoms with Gasteiger partial charge in [-0.1, -0.05) is 12.1 Å². The number of pyridine rings is 1. The quantitative estimate of drug-likeness (QED) is 0.151. The molecule has 1 aromatic carbocycles. The fourth-order valence-corrected chi connectivity index (χ4v) is 2.77. The van der Waals surface area contributed by atoms with E-state index in [0.29, 0.717) is 22.8 Å². The van der Waals surface area contributed by atoms with Crippen LogP contribution in [0.25, 0.3) is 6.08 Å². The van der Waals surface area contributed by atoms with Crippen LogP contribution in [0.15, 0.2) is 42.5 Å². The van der Waals surface area contributed by atoms with Gasteiger partial charge in [0.25, 0.3) is 5.69 Å². The number of halogens is 1. The molecule has 0 amide bonds. The van der Waals surface area contributed by atoms with Gasteiger partial charge in [0, 0.05) is 18.2 Å². The SMILES string of the molecule is COC(=O)/C=C/c1c(OCCCCc2ccc(OC)cc2)ccc(CCl)[n+]1[O-]. The lowest BCUT2D eigenvalue weighted by molar-refractivity contribution is -0.615. The number of aryl methyl sites for hydroxylation is 1. The number of methoxy groups -OCH3 is 2. The molecule has 0 radical (unpaired) electrons. The molecule has 2 rings (SSSR count). The minimum Gasteiger partial charge on any atom is -0.618 e. The number of hydrogen-bond acceptors (Lipinski definition) is 5. The lowest BCUT2D eigenvalue weighted by atomic mass is 10.1. The maximum absolute atomic E-state index is 12.4. The molecule has 0 bridgehead atoms. The summed E-state index contributed by atoms with van der Waals surface area (Å²) in [5.74, 6) is 0.742. The summed E-state index contributed by atoms with van der Waals surface area (Å²) in [5.41, 5.74) is 1.82. The molecule has 1 aromatic heterocycles. The molecule has 0 fully saturated rings. The summed E-state index contributed by atoms with van der Waals surface area (Å²) in [6.45, 7) is 0.454. The van der Waals surface area contributed by atoms with E-state index in [2.05, 4.69) is 4.74 Å². The lowest BCUT2D eigenvalue weighted by Gasteiger charge is -2.11. The van der Waals surface area contributed by atoms with Crippen LogP contribution >= 0.6 is 11.6 Å². The summed E-state index contributed by atoms with van der Waals surface area (Å²) in [4.78, 5) is 11.3. The number of carbonyl (C=O) groups is 1. The van der Waals surface area contributed by atoms with Crippen molar-refractivity contribution in [3.8, 4) is 11.5 Å². The molecule has 0 aliphatic carbocycles. The molecule has 0 aliphatic rings. The van der Waals surface area contributed by atoms with Crippen LogP contribution in [0, 0.1) is 5.21 Å². The minimum atomic E-state index is -0.554. The molecule has 150 valence electrons. The van der Waals surface area contributed by atoms with Gasteiger partial charge in [0.15, 0.2) is 5.75 Å². The topological polar surface area (TPSA) is 71.7 Å². The number of benzene rings is 1. The first kappa shape index (κ1) is 21.6. The molecule has 0 saturated heterocycles. The molecule has 0 spiro atoms. The minimum absolute atomic E-state index is 0.0602. The van der Waals surface area contributed by atoms with E-state index in [9.17, 15) is 10.0 Å². The summed E-state index contributed by atoms with van der Waals surface area (Å²) in [5, 5.41) is 12.4. The molecule has 2 aromatic rings. The normalized spacial score (nSPS) is 10.8. The van der Waals surface area contributed by atoms with Crippen LogP contribution in [0.2, 0.25) is 0 Å². The number of ether oxygens (including phenoxy) is 3. The van der Waals surface area contributed by atoms with E-state index >= 15 is 0 Å². The van der Waals surface area contributed by atoms with Gasteiger partial charge >= 0.3 is 5.97 Å². The third kappa shape index (κ3) is 6.16. The molecule has 0 atom stereocenters. The van der Waals surface area contributed by atoms with E-state index in [-0.39, 0.29) is 11.6 Å². The second-order valence-electron chi connectivity index (χ2n) is 6.01. The lowest BCUT2D eigenvalue weighted by Crippen LogP contribution is -2.35. The molecule has 28 heavy (non-hydrogen) atoms. The zero-order valence-electron chi connectivity index (χ0n) is 16.0. The summed E-state index contributed by atoms with van der Waals surface area (Å²) >= 11 is 5.78. The van der Waals surface area contributed by atoms with E-state index in [1.165, 1.54) is 24.8 Å². The van der Waals surface area contributed by atoms with Crippen LogP contribution in [-0.2, 0) is 21.8 Å². The Morgan fingerprint density at radius 3 is 2.54 bits per heavy atom.